The average Bonchev–Trinajstić information content (AvgIpc) is 2.75. The Kier molecular flexibility index (Phi) is 3.58. The van der Waals surface area contributed by atoms with Crippen LogP contribution in [0.4, 0.5) is 4.39 Å². The molecule has 92 valence electrons. The zero-order valence-corrected chi connectivity index (χ0v) is 9.23. The number of carbonyl (C=O) groups is 1. The second-order valence-corrected chi connectivity index (χ2v) is 4.17. The third-order valence-corrected chi connectivity index (χ3v) is 2.80. The van der Waals surface area contributed by atoms with Crippen LogP contribution in [0.2, 0.25) is 0 Å². The van der Waals surface area contributed by atoms with E-state index in [-0.39, 0.29) is 11.7 Å². The molecule has 1 fully saturated rings. The number of hydrogen-bond acceptors (Lipinski definition) is 3. The summed E-state index contributed by atoms with van der Waals surface area (Å²) in [5.41, 5.74) is 0. The molecule has 0 spiro atoms. The van der Waals surface area contributed by atoms with Crippen molar-refractivity contribution in [3.05, 3.63) is 30.1 Å². The molecule has 4 nitrogen and oxygen atoms in total. The minimum atomic E-state index is -0.835. The predicted molar refractivity (Wildman–Crippen MR) is 59.4 cm³/mol. The van der Waals surface area contributed by atoms with Crippen molar-refractivity contribution in [3.8, 4) is 5.75 Å². The molecule has 0 saturated carbocycles. The third kappa shape index (κ3) is 3.17. The zero-order chi connectivity index (χ0) is 12.3. The van der Waals surface area contributed by atoms with Gasteiger partial charge in [-0.3, -0.25) is 4.79 Å². The molecule has 2 rings (SSSR count). The Morgan fingerprint density at radius 1 is 1.59 bits per heavy atom. The molecule has 0 amide bonds. The summed E-state index contributed by atoms with van der Waals surface area (Å²) in [6, 6.07) is 5.44. The highest BCUT2D eigenvalue weighted by Gasteiger charge is 2.29. The molecule has 2 N–H and O–H groups in total. The number of halogens is 1. The van der Waals surface area contributed by atoms with Gasteiger partial charge in [-0.1, -0.05) is 6.07 Å². The lowest BCUT2D eigenvalue weighted by Gasteiger charge is -2.10. The van der Waals surface area contributed by atoms with Crippen LogP contribution in [0.15, 0.2) is 24.3 Å². The lowest BCUT2D eigenvalue weighted by molar-refractivity contribution is -0.139. The van der Waals surface area contributed by atoms with Gasteiger partial charge < -0.3 is 15.2 Å². The van der Waals surface area contributed by atoms with Crippen LogP contribution in [0.3, 0.4) is 0 Å². The van der Waals surface area contributed by atoms with Gasteiger partial charge in [0.1, 0.15) is 17.6 Å². The molecule has 1 aromatic rings. The van der Waals surface area contributed by atoms with Crippen LogP contribution >= 0.6 is 0 Å². The van der Waals surface area contributed by atoms with E-state index in [2.05, 4.69) is 5.32 Å². The van der Waals surface area contributed by atoms with Gasteiger partial charge in [-0.05, 0) is 18.6 Å². The molecule has 1 aromatic carbocycles. The van der Waals surface area contributed by atoms with Gasteiger partial charge >= 0.3 is 5.97 Å². The van der Waals surface area contributed by atoms with Gasteiger partial charge in [-0.2, -0.15) is 0 Å². The molecule has 1 heterocycles. The van der Waals surface area contributed by atoms with Crippen LogP contribution in [0, 0.1) is 11.7 Å². The summed E-state index contributed by atoms with van der Waals surface area (Å²) in [5, 5.41) is 11.7. The highest BCUT2D eigenvalue weighted by molar-refractivity contribution is 5.73. The van der Waals surface area contributed by atoms with E-state index in [1.807, 2.05) is 0 Å². The maximum Gasteiger partial charge on any atom is 0.320 e. The Labute approximate surface area is 98.4 Å². The number of aliphatic carboxylic acids is 1. The maximum absolute atomic E-state index is 12.9. The molecular weight excluding hydrogens is 225 g/mol. The fourth-order valence-corrected chi connectivity index (χ4v) is 1.89. The minimum Gasteiger partial charge on any atom is -0.493 e. The molecule has 2 atom stereocenters. The van der Waals surface area contributed by atoms with E-state index in [1.165, 1.54) is 12.1 Å². The first-order valence-corrected chi connectivity index (χ1v) is 5.49. The van der Waals surface area contributed by atoms with Gasteiger partial charge in [-0.25, -0.2) is 4.39 Å². The number of benzene rings is 1. The predicted octanol–water partition coefficient (Wildman–Crippen LogP) is 1.27. The van der Waals surface area contributed by atoms with Crippen LogP contribution < -0.4 is 10.1 Å². The third-order valence-electron chi connectivity index (χ3n) is 2.80. The van der Waals surface area contributed by atoms with Crippen molar-refractivity contribution in [1.29, 1.82) is 0 Å². The zero-order valence-electron chi connectivity index (χ0n) is 9.23. The molecule has 17 heavy (non-hydrogen) atoms. The molecule has 0 aromatic heterocycles. The number of rotatable bonds is 4. The summed E-state index contributed by atoms with van der Waals surface area (Å²) in [6.45, 7) is 1.02. The Hall–Kier alpha value is -1.62. The first-order chi connectivity index (χ1) is 8.15. The lowest BCUT2D eigenvalue weighted by atomic mass is 10.1. The van der Waals surface area contributed by atoms with Crippen molar-refractivity contribution in [2.24, 2.45) is 5.92 Å². The quantitative estimate of drug-likeness (QED) is 0.830. The monoisotopic (exact) mass is 239 g/mol. The second-order valence-electron chi connectivity index (χ2n) is 4.17. The summed E-state index contributed by atoms with van der Waals surface area (Å²) < 4.78 is 18.3. The van der Waals surface area contributed by atoms with Crippen molar-refractivity contribution in [1.82, 2.24) is 5.32 Å². The first-order valence-electron chi connectivity index (χ1n) is 5.49. The van der Waals surface area contributed by atoms with Crippen LogP contribution in [-0.4, -0.2) is 30.3 Å². The molecule has 5 heteroatoms. The Bertz CT molecular complexity index is 410. The lowest BCUT2D eigenvalue weighted by Crippen LogP contribution is -2.29. The fraction of sp³-hybridized carbons (Fsp3) is 0.417. The molecule has 1 saturated heterocycles. The summed E-state index contributed by atoms with van der Waals surface area (Å²) >= 11 is 0. The second kappa shape index (κ2) is 5.14. The Morgan fingerprint density at radius 3 is 3.06 bits per heavy atom. The summed E-state index contributed by atoms with van der Waals surface area (Å²) in [7, 11) is 0. The van der Waals surface area contributed by atoms with E-state index in [9.17, 15) is 9.18 Å². The molecule has 0 bridgehead atoms. The van der Waals surface area contributed by atoms with Crippen molar-refractivity contribution in [2.75, 3.05) is 13.2 Å². The van der Waals surface area contributed by atoms with Crippen LogP contribution in [0.1, 0.15) is 6.42 Å². The van der Waals surface area contributed by atoms with Crippen molar-refractivity contribution in [3.63, 3.8) is 0 Å². The summed E-state index contributed by atoms with van der Waals surface area (Å²) in [5.74, 6) is -0.545. The van der Waals surface area contributed by atoms with Gasteiger partial charge in [0.05, 0.1) is 6.61 Å². The highest BCUT2D eigenvalue weighted by Crippen LogP contribution is 2.18. The normalized spacial score (nSPS) is 23.6. The van der Waals surface area contributed by atoms with Gasteiger partial charge in [0.15, 0.2) is 0 Å². The SMILES string of the molecule is O=C(O)[C@@H]1C[C@H](COc2cccc(F)c2)CN1. The number of carboxylic acids is 1. The van der Waals surface area contributed by atoms with E-state index in [4.69, 9.17) is 9.84 Å². The molecule has 0 radical (unpaired) electrons. The number of ether oxygens (including phenoxy) is 1. The molecule has 0 aliphatic carbocycles. The van der Waals surface area contributed by atoms with Crippen molar-refractivity contribution in [2.45, 2.75) is 12.5 Å². The summed E-state index contributed by atoms with van der Waals surface area (Å²) in [4.78, 5) is 10.7. The molecular formula is C12H14FNO3. The largest absolute Gasteiger partial charge is 0.493 e. The fourth-order valence-electron chi connectivity index (χ4n) is 1.89. The molecule has 1 aliphatic rings. The van der Waals surface area contributed by atoms with Gasteiger partial charge in [0, 0.05) is 18.5 Å². The van der Waals surface area contributed by atoms with Crippen LogP contribution in [0.5, 0.6) is 5.75 Å². The van der Waals surface area contributed by atoms with E-state index in [1.54, 1.807) is 12.1 Å². The highest BCUT2D eigenvalue weighted by atomic mass is 19.1. The standard InChI is InChI=1S/C12H14FNO3/c13-9-2-1-3-10(5-9)17-7-8-4-11(12(15)16)14-6-8/h1-3,5,8,11,14H,4,6-7H2,(H,15,16)/t8-,11-/m0/s1. The van der Waals surface area contributed by atoms with Gasteiger partial charge in [-0.15, -0.1) is 0 Å². The minimum absolute atomic E-state index is 0.152. The van der Waals surface area contributed by atoms with Crippen molar-refractivity contribution < 1.29 is 19.0 Å². The Morgan fingerprint density at radius 2 is 2.41 bits per heavy atom. The van der Waals surface area contributed by atoms with E-state index in [0.29, 0.717) is 25.3 Å². The average molecular weight is 239 g/mol. The van der Waals surface area contributed by atoms with E-state index < -0.39 is 12.0 Å². The van der Waals surface area contributed by atoms with E-state index >= 15 is 0 Å². The topological polar surface area (TPSA) is 58.6 Å². The van der Waals surface area contributed by atoms with Crippen molar-refractivity contribution >= 4 is 5.97 Å². The van der Waals surface area contributed by atoms with Gasteiger partial charge in [0.25, 0.3) is 0 Å². The van der Waals surface area contributed by atoms with Crippen LogP contribution in [0.25, 0.3) is 0 Å². The number of hydrogen-bond donors (Lipinski definition) is 2. The first kappa shape index (κ1) is 11.9. The molecule has 0 unspecified atom stereocenters. The number of carboxylic acid groups (broad SMARTS) is 1. The van der Waals surface area contributed by atoms with Crippen LogP contribution in [-0.2, 0) is 4.79 Å². The van der Waals surface area contributed by atoms with Gasteiger partial charge in [0.2, 0.25) is 0 Å². The van der Waals surface area contributed by atoms with E-state index in [0.717, 1.165) is 0 Å². The Balaban J connectivity index is 1.82. The summed E-state index contributed by atoms with van der Waals surface area (Å²) in [6.07, 6.45) is 0.546. The molecule has 1 aliphatic heterocycles. The smallest absolute Gasteiger partial charge is 0.320 e. The maximum atomic E-state index is 12.9. The number of nitrogens with one attached hydrogen (secondary N) is 1.